The van der Waals surface area contributed by atoms with Crippen molar-refractivity contribution in [1.82, 2.24) is 0 Å². The molecule has 1 aromatic carbocycles. The first-order valence-electron chi connectivity index (χ1n) is 4.96. The summed E-state index contributed by atoms with van der Waals surface area (Å²) in [5.41, 5.74) is 0.848. The minimum absolute atomic E-state index is 0.257. The molecule has 0 bridgehead atoms. The summed E-state index contributed by atoms with van der Waals surface area (Å²) in [5.74, 6) is 6.18. The summed E-state index contributed by atoms with van der Waals surface area (Å²) in [7, 11) is 0. The average Bonchev–Trinajstić information content (AvgIpc) is 2.76. The van der Waals surface area contributed by atoms with Gasteiger partial charge in [0.2, 0.25) is 0 Å². The molecule has 0 aliphatic carbocycles. The molecule has 2 rings (SSSR count). The highest BCUT2D eigenvalue weighted by Gasteiger charge is 2.04. The van der Waals surface area contributed by atoms with Gasteiger partial charge in [-0.05, 0) is 36.4 Å². The van der Waals surface area contributed by atoms with Gasteiger partial charge in [-0.1, -0.05) is 0 Å². The molecule has 16 heavy (non-hydrogen) atoms. The van der Waals surface area contributed by atoms with E-state index in [0.29, 0.717) is 18.8 Å². The number of furan rings is 1. The van der Waals surface area contributed by atoms with Gasteiger partial charge in [0.05, 0.1) is 6.61 Å². The summed E-state index contributed by atoms with van der Waals surface area (Å²) in [5, 5.41) is 0. The van der Waals surface area contributed by atoms with E-state index in [-0.39, 0.29) is 5.82 Å². The summed E-state index contributed by atoms with van der Waals surface area (Å²) >= 11 is 0. The molecule has 0 atom stereocenters. The van der Waals surface area contributed by atoms with Gasteiger partial charge >= 0.3 is 0 Å². The van der Waals surface area contributed by atoms with Crippen molar-refractivity contribution in [3.8, 4) is 11.3 Å². The minimum atomic E-state index is -0.257. The molecule has 0 radical (unpaired) electrons. The summed E-state index contributed by atoms with van der Waals surface area (Å²) in [4.78, 5) is 4.47. The van der Waals surface area contributed by atoms with E-state index in [1.54, 1.807) is 12.1 Å². The lowest BCUT2D eigenvalue weighted by Gasteiger charge is -1.97. The second-order valence-electron chi connectivity index (χ2n) is 3.39. The summed E-state index contributed by atoms with van der Waals surface area (Å²) in [6.45, 7) is 0.413. The van der Waals surface area contributed by atoms with Gasteiger partial charge in [-0.3, -0.25) is 0 Å². The SMILES string of the molecule is NOCCc1ccc(-c2ccc(F)cc2)o1. The van der Waals surface area contributed by atoms with Crippen molar-refractivity contribution in [1.29, 1.82) is 0 Å². The number of hydrogen-bond acceptors (Lipinski definition) is 3. The van der Waals surface area contributed by atoms with Crippen LogP contribution in [0.3, 0.4) is 0 Å². The van der Waals surface area contributed by atoms with E-state index < -0.39 is 0 Å². The van der Waals surface area contributed by atoms with Gasteiger partial charge in [-0.15, -0.1) is 0 Å². The Balaban J connectivity index is 2.15. The fourth-order valence-corrected chi connectivity index (χ4v) is 1.44. The largest absolute Gasteiger partial charge is 0.461 e. The Hall–Kier alpha value is -1.65. The van der Waals surface area contributed by atoms with Gasteiger partial charge < -0.3 is 9.25 Å². The second-order valence-corrected chi connectivity index (χ2v) is 3.39. The van der Waals surface area contributed by atoms with E-state index in [0.717, 1.165) is 11.3 Å². The minimum Gasteiger partial charge on any atom is -0.461 e. The van der Waals surface area contributed by atoms with Crippen molar-refractivity contribution in [2.45, 2.75) is 6.42 Å². The highest BCUT2D eigenvalue weighted by Crippen LogP contribution is 2.22. The van der Waals surface area contributed by atoms with Gasteiger partial charge in [0.1, 0.15) is 17.3 Å². The molecule has 0 saturated carbocycles. The lowest BCUT2D eigenvalue weighted by Crippen LogP contribution is -2.02. The van der Waals surface area contributed by atoms with Crippen molar-refractivity contribution >= 4 is 0 Å². The van der Waals surface area contributed by atoms with E-state index in [9.17, 15) is 4.39 Å². The quantitative estimate of drug-likeness (QED) is 0.807. The molecular formula is C12H12FNO2. The Kier molecular flexibility index (Phi) is 3.34. The number of nitrogens with two attached hydrogens (primary N) is 1. The van der Waals surface area contributed by atoms with Crippen LogP contribution >= 0.6 is 0 Å². The molecule has 1 aromatic heterocycles. The van der Waals surface area contributed by atoms with E-state index in [1.807, 2.05) is 12.1 Å². The van der Waals surface area contributed by atoms with Gasteiger partial charge in [0, 0.05) is 12.0 Å². The Bertz CT molecular complexity index is 450. The van der Waals surface area contributed by atoms with Crippen LogP contribution in [0.25, 0.3) is 11.3 Å². The lowest BCUT2D eigenvalue weighted by molar-refractivity contribution is 0.137. The number of benzene rings is 1. The molecule has 4 heteroatoms. The van der Waals surface area contributed by atoms with Crippen LogP contribution in [-0.4, -0.2) is 6.61 Å². The summed E-state index contributed by atoms with van der Waals surface area (Å²) < 4.78 is 18.3. The number of hydrogen-bond donors (Lipinski definition) is 1. The Labute approximate surface area is 92.6 Å². The molecule has 0 aliphatic heterocycles. The zero-order chi connectivity index (χ0) is 11.4. The molecule has 2 N–H and O–H groups in total. The molecule has 0 spiro atoms. The average molecular weight is 221 g/mol. The van der Waals surface area contributed by atoms with E-state index in [1.165, 1.54) is 12.1 Å². The summed E-state index contributed by atoms with van der Waals surface area (Å²) in [6, 6.07) is 9.87. The molecule has 0 aliphatic rings. The monoisotopic (exact) mass is 221 g/mol. The van der Waals surface area contributed by atoms with Crippen molar-refractivity contribution in [2.24, 2.45) is 5.90 Å². The predicted octanol–water partition coefficient (Wildman–Crippen LogP) is 2.52. The molecular weight excluding hydrogens is 209 g/mol. The van der Waals surface area contributed by atoms with Gasteiger partial charge in [0.25, 0.3) is 0 Å². The fraction of sp³-hybridized carbons (Fsp3) is 0.167. The maximum atomic E-state index is 12.7. The lowest BCUT2D eigenvalue weighted by atomic mass is 10.2. The van der Waals surface area contributed by atoms with Crippen LogP contribution in [0.2, 0.25) is 0 Å². The third kappa shape index (κ3) is 2.48. The highest BCUT2D eigenvalue weighted by molar-refractivity contribution is 5.57. The molecule has 0 fully saturated rings. The maximum Gasteiger partial charge on any atom is 0.134 e. The second kappa shape index (κ2) is 4.92. The van der Waals surface area contributed by atoms with Crippen LogP contribution in [0.1, 0.15) is 5.76 Å². The zero-order valence-corrected chi connectivity index (χ0v) is 8.65. The molecule has 0 saturated heterocycles. The van der Waals surface area contributed by atoms with Gasteiger partial charge in [-0.2, -0.15) is 0 Å². The molecule has 0 unspecified atom stereocenters. The van der Waals surface area contributed by atoms with E-state index in [4.69, 9.17) is 10.3 Å². The third-order valence-electron chi connectivity index (χ3n) is 2.26. The first-order valence-corrected chi connectivity index (χ1v) is 4.96. The van der Waals surface area contributed by atoms with Crippen LogP contribution in [0, 0.1) is 5.82 Å². The topological polar surface area (TPSA) is 48.4 Å². The number of rotatable bonds is 4. The molecule has 3 nitrogen and oxygen atoms in total. The molecule has 2 aromatic rings. The molecule has 0 amide bonds. The first kappa shape index (κ1) is 10.9. The van der Waals surface area contributed by atoms with Crippen molar-refractivity contribution in [3.63, 3.8) is 0 Å². The fourth-order valence-electron chi connectivity index (χ4n) is 1.44. The molecule has 84 valence electrons. The molecule has 1 heterocycles. The van der Waals surface area contributed by atoms with E-state index >= 15 is 0 Å². The van der Waals surface area contributed by atoms with Crippen LogP contribution in [0.5, 0.6) is 0 Å². The van der Waals surface area contributed by atoms with Crippen molar-refractivity contribution in [3.05, 3.63) is 48.0 Å². The maximum absolute atomic E-state index is 12.7. The van der Waals surface area contributed by atoms with Crippen LogP contribution < -0.4 is 5.90 Å². The Morgan fingerprint density at radius 1 is 1.12 bits per heavy atom. The standard InChI is InChI=1S/C12H12FNO2/c13-10-3-1-9(2-4-10)12-6-5-11(16-12)7-8-15-14/h1-6H,7-8,14H2. The zero-order valence-electron chi connectivity index (χ0n) is 8.65. The van der Waals surface area contributed by atoms with Gasteiger partial charge in [0.15, 0.2) is 0 Å². The van der Waals surface area contributed by atoms with Crippen molar-refractivity contribution < 1.29 is 13.6 Å². The Morgan fingerprint density at radius 3 is 2.56 bits per heavy atom. The smallest absolute Gasteiger partial charge is 0.134 e. The highest BCUT2D eigenvalue weighted by atomic mass is 19.1. The third-order valence-corrected chi connectivity index (χ3v) is 2.26. The van der Waals surface area contributed by atoms with Gasteiger partial charge in [-0.25, -0.2) is 10.3 Å². The number of halogens is 1. The van der Waals surface area contributed by atoms with Crippen LogP contribution in [0.4, 0.5) is 4.39 Å². The van der Waals surface area contributed by atoms with E-state index in [2.05, 4.69) is 4.84 Å². The van der Waals surface area contributed by atoms with Crippen LogP contribution in [-0.2, 0) is 11.3 Å². The Morgan fingerprint density at radius 2 is 1.88 bits per heavy atom. The van der Waals surface area contributed by atoms with Crippen molar-refractivity contribution in [2.75, 3.05) is 6.61 Å². The van der Waals surface area contributed by atoms with Crippen LogP contribution in [0.15, 0.2) is 40.8 Å². The predicted molar refractivity (Wildman–Crippen MR) is 57.9 cm³/mol. The first-order chi connectivity index (χ1) is 7.79. The normalized spacial score (nSPS) is 10.6. The summed E-state index contributed by atoms with van der Waals surface area (Å²) in [6.07, 6.45) is 0.623.